The third-order valence-electron chi connectivity index (χ3n) is 2.22. The SMILES string of the molecule is Cc1cc(CN2CCCS2(=O)=O)no1. The molecule has 0 N–H and O–H groups in total. The molecule has 0 aromatic carbocycles. The van der Waals surface area contributed by atoms with Crippen LogP contribution < -0.4 is 0 Å². The van der Waals surface area contributed by atoms with E-state index in [1.165, 1.54) is 4.31 Å². The maximum absolute atomic E-state index is 11.4. The lowest BCUT2D eigenvalue weighted by Crippen LogP contribution is -2.25. The molecule has 0 amide bonds. The largest absolute Gasteiger partial charge is 0.361 e. The Bertz CT molecular complexity index is 424. The molecule has 0 unspecified atom stereocenters. The molecule has 1 aliphatic heterocycles. The topological polar surface area (TPSA) is 63.4 Å². The lowest BCUT2D eigenvalue weighted by molar-refractivity contribution is 0.372. The van der Waals surface area contributed by atoms with Crippen molar-refractivity contribution in [2.24, 2.45) is 0 Å². The maximum Gasteiger partial charge on any atom is 0.214 e. The Kier molecular flexibility index (Phi) is 2.32. The van der Waals surface area contributed by atoms with Crippen LogP contribution in [0.5, 0.6) is 0 Å². The average Bonchev–Trinajstić information content (AvgIpc) is 2.61. The summed E-state index contributed by atoms with van der Waals surface area (Å²) < 4.78 is 29.2. The van der Waals surface area contributed by atoms with E-state index in [0.29, 0.717) is 31.0 Å². The van der Waals surface area contributed by atoms with Crippen molar-refractivity contribution in [3.8, 4) is 0 Å². The zero-order chi connectivity index (χ0) is 10.2. The van der Waals surface area contributed by atoms with Gasteiger partial charge in [0.2, 0.25) is 10.0 Å². The molecular weight excluding hydrogens is 204 g/mol. The number of sulfonamides is 1. The van der Waals surface area contributed by atoms with Crippen molar-refractivity contribution in [1.82, 2.24) is 9.46 Å². The first-order chi connectivity index (χ1) is 6.58. The molecule has 2 rings (SSSR count). The Morgan fingerprint density at radius 3 is 2.93 bits per heavy atom. The summed E-state index contributed by atoms with van der Waals surface area (Å²) in [5, 5.41) is 3.76. The second kappa shape index (κ2) is 3.36. The molecule has 0 bridgehead atoms. The van der Waals surface area contributed by atoms with Crippen molar-refractivity contribution in [2.45, 2.75) is 19.9 Å². The molecular formula is C8H12N2O3S. The van der Waals surface area contributed by atoms with Crippen LogP contribution in [0.2, 0.25) is 0 Å². The van der Waals surface area contributed by atoms with Crippen LogP contribution in [0, 0.1) is 6.92 Å². The molecule has 1 saturated heterocycles. The van der Waals surface area contributed by atoms with Gasteiger partial charge in [-0.15, -0.1) is 0 Å². The van der Waals surface area contributed by atoms with Crippen molar-refractivity contribution < 1.29 is 12.9 Å². The second-order valence-corrected chi connectivity index (χ2v) is 5.52. The van der Waals surface area contributed by atoms with Crippen molar-refractivity contribution in [3.63, 3.8) is 0 Å². The van der Waals surface area contributed by atoms with Gasteiger partial charge in [-0.05, 0) is 13.3 Å². The van der Waals surface area contributed by atoms with E-state index in [2.05, 4.69) is 5.16 Å². The molecule has 14 heavy (non-hydrogen) atoms. The van der Waals surface area contributed by atoms with Crippen LogP contribution in [0.1, 0.15) is 17.9 Å². The van der Waals surface area contributed by atoms with E-state index >= 15 is 0 Å². The summed E-state index contributed by atoms with van der Waals surface area (Å²) in [6, 6.07) is 1.76. The standard InChI is InChI=1S/C8H12N2O3S/c1-7-5-8(9-13-7)6-10-3-2-4-14(10,11)12/h5H,2-4,6H2,1H3. The fraction of sp³-hybridized carbons (Fsp3) is 0.625. The number of aryl methyl sites for hydroxylation is 1. The van der Waals surface area contributed by atoms with Crippen LogP contribution in [-0.2, 0) is 16.6 Å². The highest BCUT2D eigenvalue weighted by molar-refractivity contribution is 7.89. The molecule has 78 valence electrons. The fourth-order valence-corrected chi connectivity index (χ4v) is 3.03. The fourth-order valence-electron chi connectivity index (χ4n) is 1.54. The van der Waals surface area contributed by atoms with Crippen LogP contribution in [0.4, 0.5) is 0 Å². The van der Waals surface area contributed by atoms with E-state index < -0.39 is 10.0 Å². The van der Waals surface area contributed by atoms with Crippen molar-refractivity contribution in [1.29, 1.82) is 0 Å². The number of nitrogens with zero attached hydrogens (tertiary/aromatic N) is 2. The van der Waals surface area contributed by atoms with Gasteiger partial charge in [0.15, 0.2) is 0 Å². The van der Waals surface area contributed by atoms with Gasteiger partial charge in [0.05, 0.1) is 18.0 Å². The monoisotopic (exact) mass is 216 g/mol. The highest BCUT2D eigenvalue weighted by Gasteiger charge is 2.28. The molecule has 0 spiro atoms. The molecule has 1 aliphatic rings. The van der Waals surface area contributed by atoms with E-state index in [4.69, 9.17) is 4.52 Å². The first kappa shape index (κ1) is 9.67. The summed E-state index contributed by atoms with van der Waals surface area (Å²) in [7, 11) is -3.02. The minimum absolute atomic E-state index is 0.254. The van der Waals surface area contributed by atoms with E-state index in [9.17, 15) is 8.42 Å². The molecule has 0 atom stereocenters. The van der Waals surface area contributed by atoms with Gasteiger partial charge in [0.1, 0.15) is 5.76 Å². The number of aromatic nitrogens is 1. The minimum Gasteiger partial charge on any atom is -0.361 e. The van der Waals surface area contributed by atoms with Gasteiger partial charge in [0.25, 0.3) is 0 Å². The van der Waals surface area contributed by atoms with Gasteiger partial charge in [0, 0.05) is 12.6 Å². The van der Waals surface area contributed by atoms with Gasteiger partial charge >= 0.3 is 0 Å². The third-order valence-corrected chi connectivity index (χ3v) is 4.12. The smallest absolute Gasteiger partial charge is 0.214 e. The molecule has 0 aliphatic carbocycles. The predicted molar refractivity (Wildman–Crippen MR) is 50.1 cm³/mol. The molecule has 1 fully saturated rings. The number of hydrogen-bond donors (Lipinski definition) is 0. The highest BCUT2D eigenvalue weighted by atomic mass is 32.2. The Morgan fingerprint density at radius 1 is 1.64 bits per heavy atom. The third kappa shape index (κ3) is 1.80. The van der Waals surface area contributed by atoms with Gasteiger partial charge in [-0.1, -0.05) is 5.16 Å². The zero-order valence-corrected chi connectivity index (χ0v) is 8.75. The summed E-state index contributed by atoms with van der Waals surface area (Å²) in [6.07, 6.45) is 0.708. The zero-order valence-electron chi connectivity index (χ0n) is 7.93. The maximum atomic E-state index is 11.4. The van der Waals surface area contributed by atoms with Crippen molar-refractivity contribution in [3.05, 3.63) is 17.5 Å². The second-order valence-electron chi connectivity index (χ2n) is 3.43. The first-order valence-electron chi connectivity index (χ1n) is 4.48. The van der Waals surface area contributed by atoms with Gasteiger partial charge in [-0.3, -0.25) is 0 Å². The molecule has 1 aromatic rings. The number of rotatable bonds is 2. The van der Waals surface area contributed by atoms with Crippen LogP contribution in [0.25, 0.3) is 0 Å². The van der Waals surface area contributed by atoms with E-state index in [1.54, 1.807) is 13.0 Å². The predicted octanol–water partition coefficient (Wildman–Crippen LogP) is 0.519. The molecule has 6 heteroatoms. The summed E-state index contributed by atoms with van der Waals surface area (Å²) >= 11 is 0. The molecule has 1 aromatic heterocycles. The molecule has 5 nitrogen and oxygen atoms in total. The minimum atomic E-state index is -3.02. The summed E-state index contributed by atoms with van der Waals surface area (Å²) in [5.74, 6) is 0.959. The lowest BCUT2D eigenvalue weighted by Gasteiger charge is -2.11. The first-order valence-corrected chi connectivity index (χ1v) is 6.09. The van der Waals surface area contributed by atoms with Crippen molar-refractivity contribution in [2.75, 3.05) is 12.3 Å². The normalized spacial score (nSPS) is 21.5. The Hall–Kier alpha value is -0.880. The van der Waals surface area contributed by atoms with Crippen LogP contribution in [0.15, 0.2) is 10.6 Å². The van der Waals surface area contributed by atoms with Gasteiger partial charge in [-0.2, -0.15) is 4.31 Å². The van der Waals surface area contributed by atoms with Crippen LogP contribution in [0.3, 0.4) is 0 Å². The van der Waals surface area contributed by atoms with E-state index in [-0.39, 0.29) is 5.75 Å². The van der Waals surface area contributed by atoms with E-state index in [0.717, 1.165) is 0 Å². The molecule has 0 radical (unpaired) electrons. The molecule has 2 heterocycles. The Balaban J connectivity index is 2.12. The average molecular weight is 216 g/mol. The number of hydrogen-bond acceptors (Lipinski definition) is 4. The van der Waals surface area contributed by atoms with Crippen LogP contribution in [-0.4, -0.2) is 30.2 Å². The summed E-state index contributed by atoms with van der Waals surface area (Å²) in [6.45, 7) is 2.71. The Labute approximate surface area is 82.7 Å². The highest BCUT2D eigenvalue weighted by Crippen LogP contribution is 2.16. The molecule has 0 saturated carbocycles. The Morgan fingerprint density at radius 2 is 2.43 bits per heavy atom. The van der Waals surface area contributed by atoms with E-state index in [1.807, 2.05) is 0 Å². The van der Waals surface area contributed by atoms with Gasteiger partial charge < -0.3 is 4.52 Å². The van der Waals surface area contributed by atoms with Crippen molar-refractivity contribution >= 4 is 10.0 Å². The quantitative estimate of drug-likeness (QED) is 0.723. The summed E-state index contributed by atoms with van der Waals surface area (Å²) in [5.41, 5.74) is 0.674. The van der Waals surface area contributed by atoms with Gasteiger partial charge in [-0.25, -0.2) is 8.42 Å². The van der Waals surface area contributed by atoms with Crippen LogP contribution >= 0.6 is 0 Å². The summed E-state index contributed by atoms with van der Waals surface area (Å²) in [4.78, 5) is 0. The lowest BCUT2D eigenvalue weighted by atomic mass is 10.3.